The Bertz CT molecular complexity index is 574. The van der Waals surface area contributed by atoms with Gasteiger partial charge in [0.1, 0.15) is 0 Å². The number of hydrogen-bond donors (Lipinski definition) is 2. The van der Waals surface area contributed by atoms with Gasteiger partial charge in [0.15, 0.2) is 0 Å². The lowest BCUT2D eigenvalue weighted by Gasteiger charge is -2.12. The molecule has 2 saturated carbocycles. The zero-order valence-corrected chi connectivity index (χ0v) is 12.3. The number of carboxylic acids is 1. The number of benzene rings is 1. The first-order valence-electron chi connectivity index (χ1n) is 7.34. The number of carbonyl (C=O) groups excluding carboxylic acids is 1. The zero-order chi connectivity index (χ0) is 15.0. The summed E-state index contributed by atoms with van der Waals surface area (Å²) in [5, 5.41) is 12.7. The van der Waals surface area contributed by atoms with Crippen LogP contribution < -0.4 is 5.32 Å². The molecule has 4 nitrogen and oxygen atoms in total. The third kappa shape index (κ3) is 3.05. The minimum atomic E-state index is -0.757. The van der Waals surface area contributed by atoms with E-state index in [2.05, 4.69) is 5.32 Å². The van der Waals surface area contributed by atoms with Crippen LogP contribution in [0.3, 0.4) is 0 Å². The van der Waals surface area contributed by atoms with Crippen LogP contribution in [-0.4, -0.2) is 23.0 Å². The van der Waals surface area contributed by atoms with Crippen LogP contribution in [0, 0.1) is 11.8 Å². The van der Waals surface area contributed by atoms with E-state index >= 15 is 0 Å². The van der Waals surface area contributed by atoms with Gasteiger partial charge in [0.2, 0.25) is 5.91 Å². The van der Waals surface area contributed by atoms with Crippen LogP contribution in [0.15, 0.2) is 24.3 Å². The van der Waals surface area contributed by atoms with E-state index in [0.29, 0.717) is 17.9 Å². The van der Waals surface area contributed by atoms with Gasteiger partial charge in [-0.2, -0.15) is 0 Å². The van der Waals surface area contributed by atoms with Crippen molar-refractivity contribution in [2.75, 3.05) is 0 Å². The summed E-state index contributed by atoms with van der Waals surface area (Å²) in [5.74, 6) is -0.846. The maximum atomic E-state index is 12.2. The quantitative estimate of drug-likeness (QED) is 0.899. The molecule has 1 amide bonds. The molecule has 2 fully saturated rings. The van der Waals surface area contributed by atoms with E-state index in [9.17, 15) is 9.59 Å². The Labute approximate surface area is 128 Å². The molecule has 0 spiro atoms. The van der Waals surface area contributed by atoms with Gasteiger partial charge in [-0.05, 0) is 43.2 Å². The van der Waals surface area contributed by atoms with Crippen molar-refractivity contribution in [1.82, 2.24) is 5.32 Å². The summed E-state index contributed by atoms with van der Waals surface area (Å²) >= 11 is 6.16. The average Bonchev–Trinajstić information content (AvgIpc) is 3.11. The molecular weight excluding hydrogens is 290 g/mol. The molecule has 0 unspecified atom stereocenters. The Hall–Kier alpha value is -1.55. The molecule has 0 saturated heterocycles. The van der Waals surface area contributed by atoms with E-state index in [4.69, 9.17) is 16.7 Å². The number of aliphatic carboxylic acids is 1. The van der Waals surface area contributed by atoms with Crippen molar-refractivity contribution in [3.8, 4) is 0 Å². The highest BCUT2D eigenvalue weighted by atomic mass is 35.5. The molecule has 0 aliphatic heterocycles. The van der Waals surface area contributed by atoms with E-state index in [-0.39, 0.29) is 29.7 Å². The van der Waals surface area contributed by atoms with Gasteiger partial charge in [-0.25, -0.2) is 0 Å². The Morgan fingerprint density at radius 3 is 2.62 bits per heavy atom. The van der Waals surface area contributed by atoms with Crippen LogP contribution in [0.4, 0.5) is 0 Å². The van der Waals surface area contributed by atoms with E-state index < -0.39 is 5.97 Å². The first kappa shape index (κ1) is 14.4. The lowest BCUT2D eigenvalue weighted by Crippen LogP contribution is -2.34. The van der Waals surface area contributed by atoms with Crippen molar-refractivity contribution in [1.29, 1.82) is 0 Å². The number of amides is 1. The molecule has 0 radical (unpaired) electrons. The molecule has 21 heavy (non-hydrogen) atoms. The fourth-order valence-electron chi connectivity index (χ4n) is 3.25. The highest BCUT2D eigenvalue weighted by Gasteiger charge is 2.45. The van der Waals surface area contributed by atoms with E-state index in [0.717, 1.165) is 18.4 Å². The van der Waals surface area contributed by atoms with Gasteiger partial charge in [-0.1, -0.05) is 29.8 Å². The summed E-state index contributed by atoms with van der Waals surface area (Å²) < 4.78 is 0. The Kier molecular flexibility index (Phi) is 3.89. The Morgan fingerprint density at radius 1 is 1.19 bits per heavy atom. The zero-order valence-electron chi connectivity index (χ0n) is 11.6. The normalized spacial score (nSPS) is 30.9. The first-order chi connectivity index (χ1) is 10.1. The van der Waals surface area contributed by atoms with Crippen LogP contribution >= 0.6 is 11.6 Å². The third-order valence-electron chi connectivity index (χ3n) is 4.56. The summed E-state index contributed by atoms with van der Waals surface area (Å²) in [6, 6.07) is 7.64. The lowest BCUT2D eigenvalue weighted by atomic mass is 10.1. The molecule has 4 atom stereocenters. The summed E-state index contributed by atoms with van der Waals surface area (Å²) in [6.45, 7) is 0. The molecule has 1 aromatic carbocycles. The Morgan fingerprint density at radius 2 is 1.95 bits per heavy atom. The third-order valence-corrected chi connectivity index (χ3v) is 4.90. The molecule has 1 aromatic rings. The molecule has 3 rings (SSSR count). The minimum Gasteiger partial charge on any atom is -0.481 e. The van der Waals surface area contributed by atoms with Gasteiger partial charge in [-0.15, -0.1) is 0 Å². The molecule has 2 N–H and O–H groups in total. The summed E-state index contributed by atoms with van der Waals surface area (Å²) in [6.07, 6.45) is 2.78. The fourth-order valence-corrected chi connectivity index (χ4v) is 3.53. The van der Waals surface area contributed by atoms with Crippen molar-refractivity contribution in [2.45, 2.75) is 37.6 Å². The van der Waals surface area contributed by atoms with Crippen molar-refractivity contribution in [3.63, 3.8) is 0 Å². The molecule has 0 bridgehead atoms. The SMILES string of the molecule is O=C(O)[C@@H]1CC[C@H](NC(=O)[C@@H]2C[C@H]2c2ccccc2Cl)C1. The topological polar surface area (TPSA) is 66.4 Å². The van der Waals surface area contributed by atoms with Gasteiger partial charge in [-0.3, -0.25) is 9.59 Å². The van der Waals surface area contributed by atoms with Crippen molar-refractivity contribution >= 4 is 23.5 Å². The second kappa shape index (κ2) is 5.68. The molecule has 112 valence electrons. The number of carbonyl (C=O) groups is 2. The van der Waals surface area contributed by atoms with Crippen LogP contribution in [0.25, 0.3) is 0 Å². The second-order valence-corrected chi connectivity index (χ2v) is 6.43. The van der Waals surface area contributed by atoms with Gasteiger partial charge >= 0.3 is 5.97 Å². The van der Waals surface area contributed by atoms with Crippen LogP contribution in [0.1, 0.15) is 37.2 Å². The lowest BCUT2D eigenvalue weighted by molar-refractivity contribution is -0.141. The van der Waals surface area contributed by atoms with Crippen molar-refractivity contribution < 1.29 is 14.7 Å². The fraction of sp³-hybridized carbons (Fsp3) is 0.500. The van der Waals surface area contributed by atoms with Crippen LogP contribution in [-0.2, 0) is 9.59 Å². The van der Waals surface area contributed by atoms with Gasteiger partial charge in [0.25, 0.3) is 0 Å². The van der Waals surface area contributed by atoms with Gasteiger partial charge < -0.3 is 10.4 Å². The van der Waals surface area contributed by atoms with Crippen LogP contribution in [0.5, 0.6) is 0 Å². The van der Waals surface area contributed by atoms with E-state index in [1.54, 1.807) is 0 Å². The predicted molar refractivity (Wildman–Crippen MR) is 79.2 cm³/mol. The molecule has 5 heteroatoms. The Balaban J connectivity index is 1.54. The van der Waals surface area contributed by atoms with Gasteiger partial charge in [0.05, 0.1) is 5.92 Å². The molecule has 2 aliphatic carbocycles. The number of halogens is 1. The monoisotopic (exact) mass is 307 g/mol. The largest absolute Gasteiger partial charge is 0.481 e. The van der Waals surface area contributed by atoms with Crippen molar-refractivity contribution in [3.05, 3.63) is 34.9 Å². The standard InChI is InChI=1S/C16H18ClNO3/c17-14-4-2-1-3-11(14)12-8-13(12)15(19)18-10-6-5-9(7-10)16(20)21/h1-4,9-10,12-13H,5-8H2,(H,18,19)(H,20,21)/t9-,10+,12+,13-/m1/s1. The second-order valence-electron chi connectivity index (χ2n) is 6.02. The predicted octanol–water partition coefficient (Wildman–Crippen LogP) is 2.81. The molecule has 0 heterocycles. The summed E-state index contributed by atoms with van der Waals surface area (Å²) in [7, 11) is 0. The number of hydrogen-bond acceptors (Lipinski definition) is 2. The highest BCUT2D eigenvalue weighted by molar-refractivity contribution is 6.31. The molecule has 0 aromatic heterocycles. The number of carboxylic acid groups (broad SMARTS) is 1. The van der Waals surface area contributed by atoms with Gasteiger partial charge in [0, 0.05) is 17.0 Å². The molecule has 2 aliphatic rings. The highest BCUT2D eigenvalue weighted by Crippen LogP contribution is 2.49. The first-order valence-corrected chi connectivity index (χ1v) is 7.71. The summed E-state index contributed by atoms with van der Waals surface area (Å²) in [4.78, 5) is 23.2. The maximum absolute atomic E-state index is 12.2. The van der Waals surface area contributed by atoms with E-state index in [1.807, 2.05) is 24.3 Å². The van der Waals surface area contributed by atoms with Crippen molar-refractivity contribution in [2.24, 2.45) is 11.8 Å². The maximum Gasteiger partial charge on any atom is 0.306 e. The average molecular weight is 308 g/mol. The number of nitrogens with one attached hydrogen (secondary N) is 1. The smallest absolute Gasteiger partial charge is 0.306 e. The van der Waals surface area contributed by atoms with Crippen LogP contribution in [0.2, 0.25) is 5.02 Å². The number of rotatable bonds is 4. The van der Waals surface area contributed by atoms with E-state index in [1.165, 1.54) is 0 Å². The minimum absolute atomic E-state index is 0.00564. The molecular formula is C16H18ClNO3. The summed E-state index contributed by atoms with van der Waals surface area (Å²) in [5.41, 5.74) is 1.04.